The van der Waals surface area contributed by atoms with E-state index in [0.29, 0.717) is 16.9 Å². The minimum absolute atomic E-state index is 0.00282. The Bertz CT molecular complexity index is 727. The monoisotopic (exact) mass is 294 g/mol. The summed E-state index contributed by atoms with van der Waals surface area (Å²) in [7, 11) is 3.30. The van der Waals surface area contributed by atoms with Crippen LogP contribution in [0.1, 0.15) is 5.82 Å². The van der Waals surface area contributed by atoms with E-state index in [9.17, 15) is 9.59 Å². The van der Waals surface area contributed by atoms with Crippen LogP contribution < -0.4 is 0 Å². The van der Waals surface area contributed by atoms with Crippen molar-refractivity contribution in [3.63, 3.8) is 0 Å². The summed E-state index contributed by atoms with van der Waals surface area (Å²) in [6, 6.07) is -0.361. The fraction of sp³-hybridized carbons (Fsp3) is 0.364. The van der Waals surface area contributed by atoms with Crippen molar-refractivity contribution in [1.82, 2.24) is 29.5 Å². The molecule has 0 atom stereocenters. The van der Waals surface area contributed by atoms with Gasteiger partial charge in [-0.1, -0.05) is 11.6 Å². The molecule has 104 valence electrons. The van der Waals surface area contributed by atoms with Gasteiger partial charge in [-0.3, -0.25) is 14.4 Å². The minimum Gasteiger partial charge on any atom is -0.318 e. The van der Waals surface area contributed by atoms with Crippen LogP contribution in [0.5, 0.6) is 0 Å². The highest BCUT2D eigenvalue weighted by Gasteiger charge is 2.34. The third kappa shape index (κ3) is 1.88. The Hall–Kier alpha value is -2.22. The number of rotatable bonds is 2. The number of aryl methyl sites for hydroxylation is 1. The van der Waals surface area contributed by atoms with Crippen molar-refractivity contribution in [1.29, 1.82) is 0 Å². The fourth-order valence-electron chi connectivity index (χ4n) is 2.07. The normalized spacial score (nSPS) is 15.8. The van der Waals surface area contributed by atoms with Crippen LogP contribution in [0.3, 0.4) is 0 Å². The number of aromatic nitrogens is 4. The number of urea groups is 1. The molecule has 9 heteroatoms. The highest BCUT2D eigenvalue weighted by molar-refractivity contribution is 6.33. The van der Waals surface area contributed by atoms with Gasteiger partial charge < -0.3 is 4.90 Å². The third-order valence-corrected chi connectivity index (χ3v) is 3.41. The molecule has 0 saturated carbocycles. The molecule has 8 nitrogen and oxygen atoms in total. The molecule has 0 unspecified atom stereocenters. The van der Waals surface area contributed by atoms with Crippen LogP contribution >= 0.6 is 11.6 Å². The van der Waals surface area contributed by atoms with Crippen LogP contribution in [-0.2, 0) is 18.4 Å². The summed E-state index contributed by atoms with van der Waals surface area (Å²) >= 11 is 6.06. The van der Waals surface area contributed by atoms with Gasteiger partial charge in [0.05, 0.1) is 18.1 Å². The quantitative estimate of drug-likeness (QED) is 0.592. The molecule has 3 heterocycles. The average molecular weight is 295 g/mol. The second kappa shape index (κ2) is 4.41. The van der Waals surface area contributed by atoms with E-state index in [1.165, 1.54) is 4.90 Å². The van der Waals surface area contributed by atoms with Crippen molar-refractivity contribution in [3.8, 4) is 0 Å². The van der Waals surface area contributed by atoms with Gasteiger partial charge in [-0.15, -0.1) is 0 Å². The van der Waals surface area contributed by atoms with Crippen LogP contribution in [0.4, 0.5) is 4.79 Å². The number of hydrogen-bond donors (Lipinski definition) is 0. The lowest BCUT2D eigenvalue weighted by Gasteiger charge is -2.13. The Morgan fingerprint density at radius 2 is 2.05 bits per heavy atom. The molecule has 2 aromatic heterocycles. The molecule has 2 aromatic rings. The van der Waals surface area contributed by atoms with Crippen molar-refractivity contribution in [2.75, 3.05) is 13.6 Å². The van der Waals surface area contributed by atoms with Crippen molar-refractivity contribution in [2.24, 2.45) is 7.05 Å². The van der Waals surface area contributed by atoms with Crippen molar-refractivity contribution >= 4 is 34.6 Å². The van der Waals surface area contributed by atoms with E-state index in [4.69, 9.17) is 11.6 Å². The first-order chi connectivity index (χ1) is 9.47. The highest BCUT2D eigenvalue weighted by atomic mass is 35.5. The van der Waals surface area contributed by atoms with E-state index in [1.54, 1.807) is 25.0 Å². The molecule has 0 N–H and O–H groups in total. The predicted molar refractivity (Wildman–Crippen MR) is 69.9 cm³/mol. The Balaban J connectivity index is 1.97. The van der Waals surface area contributed by atoms with Crippen LogP contribution in [-0.4, -0.2) is 55.1 Å². The van der Waals surface area contributed by atoms with Crippen molar-refractivity contribution in [3.05, 3.63) is 17.2 Å². The maximum Gasteiger partial charge on any atom is 0.327 e. The number of fused-ring (bicyclic) bond motifs is 1. The number of nitrogens with zero attached hydrogens (tertiary/aromatic N) is 6. The number of carbonyl (C=O) groups is 2. The number of imide groups is 1. The Labute approximate surface area is 118 Å². The number of hydrogen-bond acceptors (Lipinski definition) is 5. The van der Waals surface area contributed by atoms with Gasteiger partial charge in [0.15, 0.2) is 11.5 Å². The first-order valence-corrected chi connectivity index (χ1v) is 6.24. The molecule has 1 aliphatic heterocycles. The number of likely N-dealkylation sites (N-methyl/N-ethyl adjacent to an activating group) is 1. The van der Waals surface area contributed by atoms with E-state index in [2.05, 4.69) is 15.1 Å². The molecule has 20 heavy (non-hydrogen) atoms. The van der Waals surface area contributed by atoms with Crippen LogP contribution in [0.25, 0.3) is 11.0 Å². The van der Waals surface area contributed by atoms with Crippen LogP contribution in [0.15, 0.2) is 6.20 Å². The standard InChI is InChI=1S/C11H11ClN6O2/c1-16-5-8(19)18(11(16)20)4-7-14-9(12)6-3-13-17(2)10(6)15-7/h3H,4-5H2,1-2H3. The topological polar surface area (TPSA) is 84.2 Å². The number of carbonyl (C=O) groups excluding carboxylic acids is 2. The SMILES string of the molecule is CN1CC(=O)N(Cc2nc(Cl)c3cnn(C)c3n2)C1=O. The summed E-state index contributed by atoms with van der Waals surface area (Å²) in [4.78, 5) is 34.4. The van der Waals surface area contributed by atoms with Gasteiger partial charge in [-0.2, -0.15) is 5.10 Å². The van der Waals surface area contributed by atoms with Crippen LogP contribution in [0, 0.1) is 0 Å². The van der Waals surface area contributed by atoms with Crippen molar-refractivity contribution in [2.45, 2.75) is 6.54 Å². The summed E-state index contributed by atoms with van der Waals surface area (Å²) in [6.07, 6.45) is 1.57. The van der Waals surface area contributed by atoms with Gasteiger partial charge in [-0.05, 0) is 0 Å². The zero-order chi connectivity index (χ0) is 14.4. The number of amides is 3. The third-order valence-electron chi connectivity index (χ3n) is 3.12. The summed E-state index contributed by atoms with van der Waals surface area (Å²) < 4.78 is 1.56. The summed E-state index contributed by atoms with van der Waals surface area (Å²) in [5.74, 6) is 0.0328. The van der Waals surface area contributed by atoms with Gasteiger partial charge in [0.25, 0.3) is 5.91 Å². The van der Waals surface area contributed by atoms with Gasteiger partial charge in [0.2, 0.25) is 0 Å². The zero-order valence-electron chi connectivity index (χ0n) is 10.9. The van der Waals surface area contributed by atoms with Gasteiger partial charge in [-0.25, -0.2) is 14.8 Å². The molecule has 3 amide bonds. The maximum absolute atomic E-state index is 11.8. The lowest BCUT2D eigenvalue weighted by molar-refractivity contribution is -0.125. The maximum atomic E-state index is 11.8. The van der Waals surface area contributed by atoms with Crippen molar-refractivity contribution < 1.29 is 9.59 Å². The van der Waals surface area contributed by atoms with Gasteiger partial charge in [0, 0.05) is 14.1 Å². The lowest BCUT2D eigenvalue weighted by atomic mass is 10.4. The van der Waals surface area contributed by atoms with E-state index >= 15 is 0 Å². The Morgan fingerprint density at radius 1 is 1.30 bits per heavy atom. The molecule has 0 spiro atoms. The second-order valence-electron chi connectivity index (χ2n) is 4.55. The minimum atomic E-state index is -0.361. The van der Waals surface area contributed by atoms with E-state index in [0.717, 1.165) is 4.90 Å². The molecule has 1 fully saturated rings. The first kappa shape index (κ1) is 12.8. The van der Waals surface area contributed by atoms with Crippen LogP contribution in [0.2, 0.25) is 5.15 Å². The summed E-state index contributed by atoms with van der Waals surface area (Å²) in [5.41, 5.74) is 0.562. The predicted octanol–water partition coefficient (Wildman–Crippen LogP) is 0.411. The molecule has 0 bridgehead atoms. The largest absolute Gasteiger partial charge is 0.327 e. The first-order valence-electron chi connectivity index (χ1n) is 5.87. The Morgan fingerprint density at radius 3 is 2.70 bits per heavy atom. The van der Waals surface area contributed by atoms with Gasteiger partial charge in [0.1, 0.15) is 11.7 Å². The van der Waals surface area contributed by atoms with E-state index in [-0.39, 0.29) is 30.2 Å². The highest BCUT2D eigenvalue weighted by Crippen LogP contribution is 2.20. The number of halogens is 1. The zero-order valence-corrected chi connectivity index (χ0v) is 11.6. The smallest absolute Gasteiger partial charge is 0.318 e. The second-order valence-corrected chi connectivity index (χ2v) is 4.91. The molecule has 1 aliphatic rings. The molecule has 1 saturated heterocycles. The molecule has 0 aliphatic carbocycles. The van der Waals surface area contributed by atoms with E-state index < -0.39 is 0 Å². The molecular formula is C11H11ClN6O2. The summed E-state index contributed by atoms with van der Waals surface area (Å²) in [6.45, 7) is 0.0728. The average Bonchev–Trinajstić information content (AvgIpc) is 2.87. The van der Waals surface area contributed by atoms with E-state index in [1.807, 2.05) is 0 Å². The molecule has 0 aromatic carbocycles. The fourth-order valence-corrected chi connectivity index (χ4v) is 2.30. The van der Waals surface area contributed by atoms with Gasteiger partial charge >= 0.3 is 6.03 Å². The lowest BCUT2D eigenvalue weighted by Crippen LogP contribution is -2.31. The Kier molecular flexibility index (Phi) is 2.82. The molecular weight excluding hydrogens is 284 g/mol. The molecule has 3 rings (SSSR count). The summed E-state index contributed by atoms with van der Waals surface area (Å²) in [5, 5.41) is 4.93. The molecule has 0 radical (unpaired) electrons.